The van der Waals surface area contributed by atoms with E-state index in [4.69, 9.17) is 21.1 Å². The van der Waals surface area contributed by atoms with Crippen LogP contribution in [0.15, 0.2) is 30.5 Å². The van der Waals surface area contributed by atoms with Gasteiger partial charge >= 0.3 is 0 Å². The van der Waals surface area contributed by atoms with E-state index in [0.29, 0.717) is 43.3 Å². The number of rotatable bonds is 7. The van der Waals surface area contributed by atoms with Crippen molar-refractivity contribution in [2.45, 2.75) is 13.0 Å². The normalized spacial score (nSPS) is 13.1. The van der Waals surface area contributed by atoms with Crippen LogP contribution in [-0.4, -0.2) is 60.2 Å². The lowest BCUT2D eigenvalue weighted by atomic mass is 10.1. The molecule has 0 bridgehead atoms. The number of nitrogens with one attached hydrogen (secondary N) is 1. The van der Waals surface area contributed by atoms with Crippen molar-refractivity contribution < 1.29 is 19.1 Å². The molecule has 2 heterocycles. The van der Waals surface area contributed by atoms with E-state index in [0.717, 1.165) is 11.3 Å². The molecule has 0 saturated carbocycles. The summed E-state index contributed by atoms with van der Waals surface area (Å²) in [5.74, 6) is -0.152. The van der Waals surface area contributed by atoms with E-state index in [2.05, 4.69) is 15.3 Å². The largest absolute Gasteiger partial charge is 0.382 e. The molecule has 0 radical (unpaired) electrons. The quantitative estimate of drug-likeness (QED) is 0.709. The summed E-state index contributed by atoms with van der Waals surface area (Å²) >= 11 is 5.83. The van der Waals surface area contributed by atoms with Crippen molar-refractivity contribution in [2.24, 2.45) is 0 Å². The lowest BCUT2D eigenvalue weighted by Gasteiger charge is -2.28. The van der Waals surface area contributed by atoms with Gasteiger partial charge in [-0.25, -0.2) is 9.97 Å². The predicted molar refractivity (Wildman–Crippen MR) is 103 cm³/mol. The summed E-state index contributed by atoms with van der Waals surface area (Å²) in [7, 11) is 1.58. The minimum Gasteiger partial charge on any atom is -0.382 e. The van der Waals surface area contributed by atoms with Gasteiger partial charge in [-0.15, -0.1) is 0 Å². The molecular weight excluding hydrogens is 384 g/mol. The molecule has 0 aliphatic carbocycles. The molecule has 8 nitrogen and oxygen atoms in total. The maximum absolute atomic E-state index is 12.3. The Balaban J connectivity index is 1.58. The summed E-state index contributed by atoms with van der Waals surface area (Å²) in [4.78, 5) is 34.8. The third-order valence-electron chi connectivity index (χ3n) is 4.28. The van der Waals surface area contributed by atoms with Crippen molar-refractivity contribution in [3.05, 3.63) is 52.3 Å². The number of hydrogen-bond donors (Lipinski definition) is 1. The highest BCUT2D eigenvalue weighted by Gasteiger charge is 2.22. The van der Waals surface area contributed by atoms with Crippen LogP contribution in [0.4, 0.5) is 5.95 Å². The van der Waals surface area contributed by atoms with Crippen LogP contribution in [-0.2, 0) is 27.2 Å². The molecule has 1 aliphatic rings. The van der Waals surface area contributed by atoms with Crippen LogP contribution in [0.2, 0.25) is 5.02 Å². The number of benzene rings is 1. The van der Waals surface area contributed by atoms with Crippen molar-refractivity contribution in [2.75, 3.05) is 38.8 Å². The first-order chi connectivity index (χ1) is 13.6. The zero-order chi connectivity index (χ0) is 19.9. The second-order valence-electron chi connectivity index (χ2n) is 6.24. The number of carbonyl (C=O) groups excluding carboxylic acids is 2. The average molecular weight is 405 g/mol. The molecule has 9 heteroatoms. The number of nitrogens with zero attached hydrogens (tertiary/aromatic N) is 3. The molecule has 2 amide bonds. The average Bonchev–Trinajstić information content (AvgIpc) is 2.71. The second-order valence-corrected chi connectivity index (χ2v) is 6.67. The topological polar surface area (TPSA) is 93.7 Å². The highest BCUT2D eigenvalue weighted by atomic mass is 35.5. The minimum absolute atomic E-state index is 0.0226. The Hall–Kier alpha value is -2.55. The first-order valence-electron chi connectivity index (χ1n) is 8.83. The third-order valence-corrected chi connectivity index (χ3v) is 4.53. The SMILES string of the molecule is COCCOCC(=O)N1CCc2nc(NC(=O)c3ccc(Cl)cc3)ncc2C1. The maximum atomic E-state index is 12.3. The van der Waals surface area contributed by atoms with Crippen LogP contribution < -0.4 is 5.32 Å². The van der Waals surface area contributed by atoms with Crippen molar-refractivity contribution in [1.29, 1.82) is 0 Å². The first-order valence-corrected chi connectivity index (χ1v) is 9.21. The molecule has 28 heavy (non-hydrogen) atoms. The smallest absolute Gasteiger partial charge is 0.258 e. The van der Waals surface area contributed by atoms with Crippen LogP contribution in [0.1, 0.15) is 21.6 Å². The monoisotopic (exact) mass is 404 g/mol. The number of ether oxygens (including phenoxy) is 2. The minimum atomic E-state index is -0.308. The maximum Gasteiger partial charge on any atom is 0.258 e. The van der Waals surface area contributed by atoms with E-state index in [9.17, 15) is 9.59 Å². The van der Waals surface area contributed by atoms with Crippen molar-refractivity contribution in [3.8, 4) is 0 Å². The number of fused-ring (bicyclic) bond motifs is 1. The number of halogens is 1. The lowest BCUT2D eigenvalue weighted by Crippen LogP contribution is -2.39. The molecule has 0 fully saturated rings. The molecule has 1 N–H and O–H groups in total. The molecule has 0 atom stereocenters. The molecule has 0 saturated heterocycles. The van der Waals surface area contributed by atoms with Crippen molar-refractivity contribution in [1.82, 2.24) is 14.9 Å². The number of anilines is 1. The van der Waals surface area contributed by atoms with Gasteiger partial charge in [-0.05, 0) is 24.3 Å². The van der Waals surface area contributed by atoms with E-state index in [1.807, 2.05) is 0 Å². The standard InChI is InChI=1S/C19H21ClN4O4/c1-27-8-9-28-12-17(25)24-7-6-16-14(11-24)10-21-19(22-16)23-18(26)13-2-4-15(20)5-3-13/h2-5,10H,6-9,11-12H2,1H3,(H,21,22,23,26). The zero-order valence-corrected chi connectivity index (χ0v) is 16.2. The number of aromatic nitrogens is 2. The molecular formula is C19H21ClN4O4. The summed E-state index contributed by atoms with van der Waals surface area (Å²) in [6.45, 7) is 1.82. The van der Waals surface area contributed by atoms with Gasteiger partial charge in [0.25, 0.3) is 5.91 Å². The van der Waals surface area contributed by atoms with Gasteiger partial charge in [-0.1, -0.05) is 11.6 Å². The highest BCUT2D eigenvalue weighted by molar-refractivity contribution is 6.30. The fraction of sp³-hybridized carbons (Fsp3) is 0.368. The van der Waals surface area contributed by atoms with E-state index in [1.165, 1.54) is 0 Å². The van der Waals surface area contributed by atoms with E-state index in [-0.39, 0.29) is 24.4 Å². The van der Waals surface area contributed by atoms with Gasteiger partial charge in [0.15, 0.2) is 0 Å². The highest BCUT2D eigenvalue weighted by Crippen LogP contribution is 2.18. The first kappa shape index (κ1) is 20.2. The van der Waals surface area contributed by atoms with Crippen LogP contribution in [0.5, 0.6) is 0 Å². The Kier molecular flexibility index (Phi) is 6.91. The van der Waals surface area contributed by atoms with Crippen molar-refractivity contribution in [3.63, 3.8) is 0 Å². The van der Waals surface area contributed by atoms with Crippen LogP contribution in [0.25, 0.3) is 0 Å². The van der Waals surface area contributed by atoms with Gasteiger partial charge < -0.3 is 14.4 Å². The summed E-state index contributed by atoms with van der Waals surface area (Å²) in [6, 6.07) is 6.56. The molecule has 1 aromatic heterocycles. The fourth-order valence-electron chi connectivity index (χ4n) is 2.76. The number of amides is 2. The molecule has 2 aromatic rings. The Bertz CT molecular complexity index is 844. The lowest BCUT2D eigenvalue weighted by molar-refractivity contribution is -0.137. The van der Waals surface area contributed by atoms with Gasteiger partial charge in [0.1, 0.15) is 6.61 Å². The predicted octanol–water partition coefficient (Wildman–Crippen LogP) is 1.93. The summed E-state index contributed by atoms with van der Waals surface area (Å²) in [5.41, 5.74) is 2.16. The third kappa shape index (κ3) is 5.25. The summed E-state index contributed by atoms with van der Waals surface area (Å²) < 4.78 is 10.2. The van der Waals surface area contributed by atoms with Gasteiger partial charge in [-0.2, -0.15) is 0 Å². The summed E-state index contributed by atoms with van der Waals surface area (Å²) in [5, 5.41) is 3.24. The van der Waals surface area contributed by atoms with Crippen LogP contribution >= 0.6 is 11.6 Å². The molecule has 0 unspecified atom stereocenters. The van der Waals surface area contributed by atoms with Crippen LogP contribution in [0, 0.1) is 0 Å². The second kappa shape index (κ2) is 9.59. The number of methoxy groups -OCH3 is 1. The molecule has 0 spiro atoms. The Morgan fingerprint density at radius 2 is 2.04 bits per heavy atom. The number of hydrogen-bond acceptors (Lipinski definition) is 6. The van der Waals surface area contributed by atoms with Gasteiger partial charge in [0, 0.05) is 49.0 Å². The molecule has 1 aromatic carbocycles. The Labute approximate surface area is 167 Å². The number of carbonyl (C=O) groups is 2. The molecule has 1 aliphatic heterocycles. The fourth-order valence-corrected chi connectivity index (χ4v) is 2.88. The molecule has 3 rings (SSSR count). The zero-order valence-electron chi connectivity index (χ0n) is 15.5. The van der Waals surface area contributed by atoms with Gasteiger partial charge in [0.05, 0.1) is 18.9 Å². The van der Waals surface area contributed by atoms with Gasteiger partial charge in [-0.3, -0.25) is 14.9 Å². The van der Waals surface area contributed by atoms with Crippen molar-refractivity contribution >= 4 is 29.4 Å². The Morgan fingerprint density at radius 3 is 2.79 bits per heavy atom. The Morgan fingerprint density at radius 1 is 1.25 bits per heavy atom. The summed E-state index contributed by atoms with van der Waals surface area (Å²) in [6.07, 6.45) is 2.23. The van der Waals surface area contributed by atoms with E-state index < -0.39 is 0 Å². The van der Waals surface area contributed by atoms with E-state index >= 15 is 0 Å². The molecule has 148 valence electrons. The van der Waals surface area contributed by atoms with E-state index in [1.54, 1.807) is 42.5 Å². The van der Waals surface area contributed by atoms with Gasteiger partial charge in [0.2, 0.25) is 11.9 Å². The van der Waals surface area contributed by atoms with Crippen LogP contribution in [0.3, 0.4) is 0 Å².